The first-order valence-corrected chi connectivity index (χ1v) is 21.1. The number of fused-ring (bicyclic) bond motifs is 16. The van der Waals surface area contributed by atoms with Gasteiger partial charge in [-0.25, -0.2) is 9.97 Å². The maximum Gasteiger partial charge on any atom is 0.160 e. The van der Waals surface area contributed by atoms with Crippen molar-refractivity contribution < 1.29 is 0 Å². The molecule has 2 heteroatoms. The largest absolute Gasteiger partial charge is 0.228 e. The molecule has 11 aromatic rings. The van der Waals surface area contributed by atoms with E-state index in [4.69, 9.17) is 9.97 Å². The molecule has 0 atom stereocenters. The Morgan fingerprint density at radius 1 is 0.262 bits per heavy atom. The molecule has 0 fully saturated rings. The van der Waals surface area contributed by atoms with Crippen molar-refractivity contribution >= 4 is 32.3 Å². The van der Waals surface area contributed by atoms with Crippen LogP contribution in [0.15, 0.2) is 218 Å². The lowest BCUT2D eigenvalue weighted by Gasteiger charge is -2.30. The smallest absolute Gasteiger partial charge is 0.160 e. The van der Waals surface area contributed by atoms with Crippen LogP contribution in [0, 0.1) is 0 Å². The molecule has 1 heterocycles. The Morgan fingerprint density at radius 3 is 1.38 bits per heavy atom. The van der Waals surface area contributed by atoms with Gasteiger partial charge >= 0.3 is 0 Å². The van der Waals surface area contributed by atoms with E-state index in [1.807, 2.05) is 6.07 Å². The number of rotatable bonds is 4. The minimum Gasteiger partial charge on any atom is -0.228 e. The Hall–Kier alpha value is -7.94. The molecule has 13 rings (SSSR count). The third-order valence-corrected chi connectivity index (χ3v) is 13.3. The van der Waals surface area contributed by atoms with E-state index in [0.717, 1.165) is 33.6 Å². The Balaban J connectivity index is 1.05. The van der Waals surface area contributed by atoms with Crippen LogP contribution in [-0.4, -0.2) is 9.97 Å². The van der Waals surface area contributed by atoms with Crippen LogP contribution in [-0.2, 0) is 5.41 Å². The molecule has 0 aliphatic heterocycles. The summed E-state index contributed by atoms with van der Waals surface area (Å²) in [4.78, 5) is 10.7. The van der Waals surface area contributed by atoms with Crippen LogP contribution in [0.1, 0.15) is 22.3 Å². The fourth-order valence-corrected chi connectivity index (χ4v) is 10.8. The molecule has 1 spiro atoms. The monoisotopic (exact) mass is 772 g/mol. The molecular formula is C59H36N2. The number of aromatic nitrogens is 2. The van der Waals surface area contributed by atoms with Gasteiger partial charge in [-0.2, -0.15) is 0 Å². The molecule has 0 bridgehead atoms. The molecule has 0 saturated heterocycles. The highest BCUT2D eigenvalue weighted by Gasteiger charge is 2.52. The van der Waals surface area contributed by atoms with Gasteiger partial charge in [0.05, 0.1) is 16.8 Å². The van der Waals surface area contributed by atoms with Crippen molar-refractivity contribution in [2.75, 3.05) is 0 Å². The predicted octanol–water partition coefficient (Wildman–Crippen LogP) is 14.9. The van der Waals surface area contributed by atoms with Crippen molar-refractivity contribution in [3.8, 4) is 67.3 Å². The maximum absolute atomic E-state index is 5.40. The molecule has 0 N–H and O–H groups in total. The van der Waals surface area contributed by atoms with E-state index in [0.29, 0.717) is 5.82 Å². The van der Waals surface area contributed by atoms with Crippen LogP contribution >= 0.6 is 0 Å². The Morgan fingerprint density at radius 2 is 0.721 bits per heavy atom. The lowest BCUT2D eigenvalue weighted by atomic mass is 9.70. The van der Waals surface area contributed by atoms with Crippen LogP contribution in [0.4, 0.5) is 0 Å². The lowest BCUT2D eigenvalue weighted by Crippen LogP contribution is -2.25. The molecule has 0 radical (unpaired) electrons. The summed E-state index contributed by atoms with van der Waals surface area (Å²) < 4.78 is 0. The van der Waals surface area contributed by atoms with Gasteiger partial charge in [-0.05, 0) is 100 Å². The zero-order valence-electron chi connectivity index (χ0n) is 33.2. The van der Waals surface area contributed by atoms with E-state index in [1.54, 1.807) is 0 Å². The second-order valence-corrected chi connectivity index (χ2v) is 16.3. The van der Waals surface area contributed by atoms with Gasteiger partial charge < -0.3 is 0 Å². The molecule has 1 aromatic heterocycles. The highest BCUT2D eigenvalue weighted by Crippen LogP contribution is 2.64. The molecular weight excluding hydrogens is 737 g/mol. The van der Waals surface area contributed by atoms with Crippen LogP contribution in [0.25, 0.3) is 99.6 Å². The van der Waals surface area contributed by atoms with Crippen molar-refractivity contribution in [2.45, 2.75) is 5.41 Å². The summed E-state index contributed by atoms with van der Waals surface area (Å²) in [5.41, 5.74) is 17.3. The van der Waals surface area contributed by atoms with Gasteiger partial charge in [-0.15, -0.1) is 0 Å². The third kappa shape index (κ3) is 4.79. The van der Waals surface area contributed by atoms with Gasteiger partial charge in [0, 0.05) is 16.7 Å². The standard InChI is InChI=1S/C59H36N2/c1-2-17-37(18-3-1)58-60-55(38-33-34-44-41-21-5-4-19-39(41)40-20-6-7-22-42(40)50(44)35-38)36-56(61-58)47-26-9-8-23-43(47)48-28-16-32-54-57(48)49-27-12-15-31-53(49)59(54)51-29-13-10-24-45(51)46-25-11-14-30-52(46)59/h1-36H. The first-order valence-electron chi connectivity index (χ1n) is 21.1. The molecule has 0 saturated carbocycles. The summed E-state index contributed by atoms with van der Waals surface area (Å²) in [6.45, 7) is 0. The van der Waals surface area contributed by atoms with Gasteiger partial charge in [-0.3, -0.25) is 0 Å². The zero-order chi connectivity index (χ0) is 40.1. The Kier molecular flexibility index (Phi) is 7.26. The summed E-state index contributed by atoms with van der Waals surface area (Å²) in [6, 6.07) is 79.7. The highest BCUT2D eigenvalue weighted by molar-refractivity contribution is 6.25. The van der Waals surface area contributed by atoms with Crippen molar-refractivity contribution in [1.82, 2.24) is 9.97 Å². The summed E-state index contributed by atoms with van der Waals surface area (Å²) >= 11 is 0. The molecule has 2 nitrogen and oxygen atoms in total. The highest BCUT2D eigenvalue weighted by atomic mass is 14.9. The fourth-order valence-electron chi connectivity index (χ4n) is 10.8. The van der Waals surface area contributed by atoms with Gasteiger partial charge in [-0.1, -0.05) is 206 Å². The molecule has 10 aromatic carbocycles. The second-order valence-electron chi connectivity index (χ2n) is 16.3. The lowest BCUT2D eigenvalue weighted by molar-refractivity contribution is 0.794. The molecule has 282 valence electrons. The Bertz CT molecular complexity index is 3520. The normalized spacial score (nSPS) is 13.0. The number of benzene rings is 10. The average molecular weight is 773 g/mol. The first kappa shape index (κ1) is 34.0. The van der Waals surface area contributed by atoms with E-state index < -0.39 is 5.41 Å². The van der Waals surface area contributed by atoms with Crippen molar-refractivity contribution in [2.24, 2.45) is 0 Å². The van der Waals surface area contributed by atoms with Crippen LogP contribution < -0.4 is 0 Å². The fraction of sp³-hybridized carbons (Fsp3) is 0.0169. The number of hydrogen-bond donors (Lipinski definition) is 0. The van der Waals surface area contributed by atoms with Crippen LogP contribution in [0.5, 0.6) is 0 Å². The van der Waals surface area contributed by atoms with E-state index in [2.05, 4.69) is 212 Å². The number of hydrogen-bond acceptors (Lipinski definition) is 2. The summed E-state index contributed by atoms with van der Waals surface area (Å²) in [5, 5.41) is 7.49. The molecule has 2 aliphatic rings. The minimum absolute atomic E-state index is 0.418. The van der Waals surface area contributed by atoms with E-state index in [9.17, 15) is 0 Å². The van der Waals surface area contributed by atoms with Gasteiger partial charge in [0.2, 0.25) is 0 Å². The third-order valence-electron chi connectivity index (χ3n) is 13.3. The molecule has 61 heavy (non-hydrogen) atoms. The van der Waals surface area contributed by atoms with Crippen molar-refractivity contribution in [1.29, 1.82) is 0 Å². The van der Waals surface area contributed by atoms with E-state index in [-0.39, 0.29) is 0 Å². The maximum atomic E-state index is 5.40. The van der Waals surface area contributed by atoms with Gasteiger partial charge in [0.15, 0.2) is 5.82 Å². The van der Waals surface area contributed by atoms with Crippen molar-refractivity contribution in [3.63, 3.8) is 0 Å². The minimum atomic E-state index is -0.418. The molecule has 0 amide bonds. The number of nitrogens with zero attached hydrogens (tertiary/aromatic N) is 2. The SMILES string of the molecule is c1ccc(-c2nc(-c3ccc4c5ccccc5c5ccccc5c4c3)cc(-c3ccccc3-c3cccc4c3-c3ccccc3C43c4ccccc4-c4ccccc43)n2)cc1. The quantitative estimate of drug-likeness (QED) is 0.167. The van der Waals surface area contributed by atoms with E-state index >= 15 is 0 Å². The Labute approximate surface area is 354 Å². The van der Waals surface area contributed by atoms with Gasteiger partial charge in [0.25, 0.3) is 0 Å². The van der Waals surface area contributed by atoms with Crippen LogP contribution in [0.3, 0.4) is 0 Å². The van der Waals surface area contributed by atoms with Crippen molar-refractivity contribution in [3.05, 3.63) is 241 Å². The first-order chi connectivity index (χ1) is 30.3. The molecule has 2 aliphatic carbocycles. The average Bonchev–Trinajstić information content (AvgIpc) is 3.82. The van der Waals surface area contributed by atoms with E-state index in [1.165, 1.54) is 82.4 Å². The predicted molar refractivity (Wildman–Crippen MR) is 253 cm³/mol. The summed E-state index contributed by atoms with van der Waals surface area (Å²) in [5.74, 6) is 0.702. The zero-order valence-corrected chi connectivity index (χ0v) is 33.2. The molecule has 0 unspecified atom stereocenters. The second kappa shape index (κ2) is 13.0. The van der Waals surface area contributed by atoms with Gasteiger partial charge in [0.1, 0.15) is 0 Å². The topological polar surface area (TPSA) is 25.8 Å². The summed E-state index contributed by atoms with van der Waals surface area (Å²) in [6.07, 6.45) is 0. The van der Waals surface area contributed by atoms with Crippen LogP contribution in [0.2, 0.25) is 0 Å². The summed E-state index contributed by atoms with van der Waals surface area (Å²) in [7, 11) is 0.